The molecule has 25 heavy (non-hydrogen) atoms. The van der Waals surface area contributed by atoms with Crippen LogP contribution in [0.5, 0.6) is 11.8 Å². The molecule has 0 radical (unpaired) electrons. The van der Waals surface area contributed by atoms with Crippen LogP contribution < -0.4 is 9.47 Å². The van der Waals surface area contributed by atoms with Crippen molar-refractivity contribution in [3.8, 4) is 11.8 Å². The van der Waals surface area contributed by atoms with Crippen LogP contribution in [0.1, 0.15) is 23.2 Å². The number of hydrogen-bond donors (Lipinski definition) is 0. The first-order valence-electron chi connectivity index (χ1n) is 7.84. The van der Waals surface area contributed by atoms with E-state index in [0.29, 0.717) is 35.4 Å². The van der Waals surface area contributed by atoms with E-state index in [1.165, 1.54) is 7.11 Å². The predicted octanol–water partition coefficient (Wildman–Crippen LogP) is 3.58. The topological polar surface area (TPSA) is 64.5 Å². The fourth-order valence-corrected chi connectivity index (χ4v) is 3.12. The number of benzene rings is 1. The van der Waals surface area contributed by atoms with E-state index in [1.54, 1.807) is 35.5 Å². The first-order chi connectivity index (χ1) is 12.1. The van der Waals surface area contributed by atoms with Gasteiger partial charge in [0.05, 0.1) is 23.7 Å². The van der Waals surface area contributed by atoms with Gasteiger partial charge in [-0.2, -0.15) is 0 Å². The Morgan fingerprint density at radius 1 is 1.36 bits per heavy atom. The summed E-state index contributed by atoms with van der Waals surface area (Å²) in [4.78, 5) is 22.9. The molecule has 6 nitrogen and oxygen atoms in total. The zero-order chi connectivity index (χ0) is 17.8. The molecule has 1 aliphatic heterocycles. The first kappa shape index (κ1) is 17.9. The molecule has 1 aliphatic rings. The van der Waals surface area contributed by atoms with Gasteiger partial charge in [0.15, 0.2) is 0 Å². The number of piperidine rings is 1. The highest BCUT2D eigenvalue weighted by atomic mass is 79.9. The zero-order valence-corrected chi connectivity index (χ0v) is 16.0. The van der Waals surface area contributed by atoms with Crippen molar-refractivity contribution in [3.63, 3.8) is 0 Å². The summed E-state index contributed by atoms with van der Waals surface area (Å²) in [7, 11) is 1.53. The number of carbonyl (C=O) groups is 1. The van der Waals surface area contributed by atoms with Gasteiger partial charge >= 0.3 is 6.01 Å². The third kappa shape index (κ3) is 4.41. The fourth-order valence-electron chi connectivity index (χ4n) is 2.75. The Morgan fingerprint density at radius 3 is 2.84 bits per heavy atom. The van der Waals surface area contributed by atoms with Gasteiger partial charge < -0.3 is 14.4 Å². The van der Waals surface area contributed by atoms with Crippen LogP contribution >= 0.6 is 27.5 Å². The lowest BCUT2D eigenvalue weighted by Crippen LogP contribution is -2.44. The number of likely N-dealkylation sites (tertiary alicyclic amines) is 1. The predicted molar refractivity (Wildman–Crippen MR) is 97.3 cm³/mol. The number of nitrogens with zero attached hydrogens (tertiary/aromatic N) is 3. The molecular formula is C17H17BrClN3O3. The zero-order valence-electron chi connectivity index (χ0n) is 13.6. The lowest BCUT2D eigenvalue weighted by molar-refractivity contribution is 0.0513. The molecule has 1 fully saturated rings. The van der Waals surface area contributed by atoms with Crippen LogP contribution in [0.3, 0.4) is 0 Å². The summed E-state index contributed by atoms with van der Waals surface area (Å²) in [6.45, 7) is 1.13. The number of carbonyl (C=O) groups excluding carboxylic acids is 1. The Bertz CT molecular complexity index is 757. The molecule has 132 valence electrons. The van der Waals surface area contributed by atoms with Gasteiger partial charge in [-0.05, 0) is 47.0 Å². The Labute approximate surface area is 159 Å². The van der Waals surface area contributed by atoms with Crippen molar-refractivity contribution in [2.45, 2.75) is 18.9 Å². The molecule has 1 aromatic heterocycles. The van der Waals surface area contributed by atoms with Crippen molar-refractivity contribution in [1.29, 1.82) is 0 Å². The lowest BCUT2D eigenvalue weighted by Gasteiger charge is -2.32. The Hall–Kier alpha value is -1.86. The minimum absolute atomic E-state index is 0.121. The highest BCUT2D eigenvalue weighted by Crippen LogP contribution is 2.26. The van der Waals surface area contributed by atoms with E-state index in [0.717, 1.165) is 17.3 Å². The Kier molecular flexibility index (Phi) is 5.75. The molecule has 1 amide bonds. The van der Waals surface area contributed by atoms with Crippen LogP contribution in [0.15, 0.2) is 35.1 Å². The molecule has 1 saturated heterocycles. The van der Waals surface area contributed by atoms with Gasteiger partial charge in [0.1, 0.15) is 11.9 Å². The Balaban J connectivity index is 1.71. The molecule has 1 aromatic carbocycles. The first-order valence-corrected chi connectivity index (χ1v) is 9.01. The molecule has 1 atom stereocenters. The largest absolute Gasteiger partial charge is 0.496 e. The van der Waals surface area contributed by atoms with E-state index in [-0.39, 0.29) is 12.0 Å². The van der Waals surface area contributed by atoms with Crippen molar-refractivity contribution in [1.82, 2.24) is 14.9 Å². The average molecular weight is 427 g/mol. The van der Waals surface area contributed by atoms with E-state index in [4.69, 9.17) is 21.1 Å². The van der Waals surface area contributed by atoms with Crippen molar-refractivity contribution >= 4 is 33.4 Å². The monoisotopic (exact) mass is 425 g/mol. The van der Waals surface area contributed by atoms with Gasteiger partial charge in [-0.1, -0.05) is 11.6 Å². The summed E-state index contributed by atoms with van der Waals surface area (Å²) in [6.07, 6.45) is 4.80. The minimum atomic E-state index is -0.149. The highest BCUT2D eigenvalue weighted by molar-refractivity contribution is 9.10. The van der Waals surface area contributed by atoms with Gasteiger partial charge in [0.2, 0.25) is 0 Å². The summed E-state index contributed by atoms with van der Waals surface area (Å²) >= 11 is 9.32. The number of rotatable bonds is 4. The second-order valence-electron chi connectivity index (χ2n) is 5.66. The number of ether oxygens (including phenoxy) is 2. The molecule has 1 unspecified atom stereocenters. The summed E-state index contributed by atoms with van der Waals surface area (Å²) < 4.78 is 11.9. The van der Waals surface area contributed by atoms with Crippen molar-refractivity contribution < 1.29 is 14.3 Å². The second kappa shape index (κ2) is 8.01. The summed E-state index contributed by atoms with van der Waals surface area (Å²) in [5, 5.41) is 0.497. The lowest BCUT2D eigenvalue weighted by atomic mass is 10.1. The van der Waals surface area contributed by atoms with E-state index >= 15 is 0 Å². The molecular weight excluding hydrogens is 410 g/mol. The van der Waals surface area contributed by atoms with E-state index < -0.39 is 0 Å². The third-order valence-electron chi connectivity index (χ3n) is 3.93. The quantitative estimate of drug-likeness (QED) is 0.747. The molecule has 0 spiro atoms. The van der Waals surface area contributed by atoms with Crippen LogP contribution in [0.2, 0.25) is 5.02 Å². The maximum atomic E-state index is 12.9. The normalized spacial score (nSPS) is 17.2. The van der Waals surface area contributed by atoms with Gasteiger partial charge in [-0.15, -0.1) is 0 Å². The van der Waals surface area contributed by atoms with Gasteiger partial charge in [0.25, 0.3) is 5.91 Å². The highest BCUT2D eigenvalue weighted by Gasteiger charge is 2.28. The van der Waals surface area contributed by atoms with E-state index in [9.17, 15) is 4.79 Å². The van der Waals surface area contributed by atoms with Crippen LogP contribution in [0.4, 0.5) is 0 Å². The van der Waals surface area contributed by atoms with Gasteiger partial charge in [-0.3, -0.25) is 4.79 Å². The molecule has 3 rings (SSSR count). The number of halogens is 2. The Morgan fingerprint density at radius 2 is 2.12 bits per heavy atom. The summed E-state index contributed by atoms with van der Waals surface area (Å²) in [5.41, 5.74) is 0.454. The van der Waals surface area contributed by atoms with Crippen LogP contribution in [0, 0.1) is 0 Å². The van der Waals surface area contributed by atoms with Crippen molar-refractivity contribution in [2.75, 3.05) is 20.2 Å². The molecule has 2 aromatic rings. The maximum absolute atomic E-state index is 12.9. The van der Waals surface area contributed by atoms with Gasteiger partial charge in [-0.25, -0.2) is 9.97 Å². The molecule has 0 aliphatic carbocycles. The van der Waals surface area contributed by atoms with E-state index in [1.807, 2.05) is 0 Å². The summed E-state index contributed by atoms with van der Waals surface area (Å²) in [6, 6.07) is 5.33. The average Bonchev–Trinajstić information content (AvgIpc) is 2.63. The summed E-state index contributed by atoms with van der Waals surface area (Å²) in [5.74, 6) is 0.387. The molecule has 8 heteroatoms. The number of methoxy groups -OCH3 is 1. The van der Waals surface area contributed by atoms with Crippen LogP contribution in [-0.2, 0) is 0 Å². The number of hydrogen-bond acceptors (Lipinski definition) is 5. The number of aromatic nitrogens is 2. The van der Waals surface area contributed by atoms with Crippen molar-refractivity contribution in [3.05, 3.63) is 45.7 Å². The van der Waals surface area contributed by atoms with Crippen LogP contribution in [-0.4, -0.2) is 47.1 Å². The van der Waals surface area contributed by atoms with Crippen LogP contribution in [0.25, 0.3) is 0 Å². The third-order valence-corrected chi connectivity index (χ3v) is 4.57. The molecule has 0 bridgehead atoms. The fraction of sp³-hybridized carbons (Fsp3) is 0.353. The standard InChI is InChI=1S/C17H17BrClN3O3/c1-24-15-5-4-12(19)7-14(15)16(23)22-6-2-3-13(10-22)25-17-20-8-11(18)9-21-17/h4-5,7-9,13H,2-3,6,10H2,1H3. The molecule has 2 heterocycles. The maximum Gasteiger partial charge on any atom is 0.316 e. The van der Waals surface area contributed by atoms with Crippen molar-refractivity contribution in [2.24, 2.45) is 0 Å². The molecule has 0 saturated carbocycles. The second-order valence-corrected chi connectivity index (χ2v) is 7.01. The smallest absolute Gasteiger partial charge is 0.316 e. The van der Waals surface area contributed by atoms with Gasteiger partial charge in [0, 0.05) is 24.0 Å². The van der Waals surface area contributed by atoms with E-state index in [2.05, 4.69) is 25.9 Å². The minimum Gasteiger partial charge on any atom is -0.496 e. The molecule has 0 N–H and O–H groups in total. The SMILES string of the molecule is COc1ccc(Cl)cc1C(=O)N1CCCC(Oc2ncc(Br)cn2)C1. The number of amides is 1.